The Morgan fingerprint density at radius 3 is 2.44 bits per heavy atom. The second-order valence-electron chi connectivity index (χ2n) is 7.41. The van der Waals surface area contributed by atoms with E-state index in [1.807, 2.05) is 59.5 Å². The van der Waals surface area contributed by atoms with Crippen LogP contribution in [0.25, 0.3) is 0 Å². The van der Waals surface area contributed by atoms with Gasteiger partial charge in [0.15, 0.2) is 0 Å². The first-order chi connectivity index (χ1) is 13.2. The number of hydrogen-bond donors (Lipinski definition) is 2. The smallest absolute Gasteiger partial charge is 0.255 e. The van der Waals surface area contributed by atoms with Crippen molar-refractivity contribution in [3.8, 4) is 0 Å². The molecule has 1 saturated heterocycles. The summed E-state index contributed by atoms with van der Waals surface area (Å²) in [6, 6.07) is 17.8. The molecular weight excluding hydrogens is 338 g/mol. The molecule has 1 aliphatic carbocycles. The molecule has 5 nitrogen and oxygen atoms in total. The van der Waals surface area contributed by atoms with Gasteiger partial charge in [0.1, 0.15) is 0 Å². The lowest BCUT2D eigenvalue weighted by molar-refractivity contribution is -0.126. The lowest BCUT2D eigenvalue weighted by atomic mass is 9.96. The first kappa shape index (κ1) is 17.6. The van der Waals surface area contributed by atoms with Gasteiger partial charge in [-0.15, -0.1) is 0 Å². The molecule has 2 aromatic rings. The summed E-state index contributed by atoms with van der Waals surface area (Å²) in [5.41, 5.74) is 2.38. The highest BCUT2D eigenvalue weighted by molar-refractivity contribution is 6.00. The minimum absolute atomic E-state index is 0.0158. The molecule has 0 radical (unpaired) electrons. The highest BCUT2D eigenvalue weighted by Crippen LogP contribution is 2.26. The molecular formula is C22H25N3O2. The molecule has 2 N–H and O–H groups in total. The molecule has 0 bridgehead atoms. The van der Waals surface area contributed by atoms with Crippen LogP contribution < -0.4 is 10.6 Å². The van der Waals surface area contributed by atoms with Crippen LogP contribution in [0.3, 0.4) is 0 Å². The summed E-state index contributed by atoms with van der Waals surface area (Å²) in [5.74, 6) is -0.0128. The SMILES string of the molecule is O=C(NC1CC1)C1CCCN(C(=O)c2ccccc2Nc2ccccc2)C1. The molecule has 1 atom stereocenters. The number of likely N-dealkylation sites (tertiary alicyclic amines) is 1. The zero-order valence-corrected chi connectivity index (χ0v) is 15.4. The Balaban J connectivity index is 1.48. The Kier molecular flexibility index (Phi) is 5.10. The van der Waals surface area contributed by atoms with Gasteiger partial charge in [-0.2, -0.15) is 0 Å². The van der Waals surface area contributed by atoms with E-state index in [4.69, 9.17) is 0 Å². The van der Waals surface area contributed by atoms with Crippen molar-refractivity contribution in [1.29, 1.82) is 0 Å². The van der Waals surface area contributed by atoms with Crippen molar-refractivity contribution in [3.63, 3.8) is 0 Å². The normalized spacial score (nSPS) is 19.4. The van der Waals surface area contributed by atoms with Gasteiger partial charge in [-0.3, -0.25) is 9.59 Å². The van der Waals surface area contributed by atoms with Crippen molar-refractivity contribution in [2.45, 2.75) is 31.7 Å². The fraction of sp³-hybridized carbons (Fsp3) is 0.364. The summed E-state index contributed by atoms with van der Waals surface area (Å²) in [4.78, 5) is 27.4. The summed E-state index contributed by atoms with van der Waals surface area (Å²) in [7, 11) is 0. The Morgan fingerprint density at radius 1 is 0.926 bits per heavy atom. The minimum Gasteiger partial charge on any atom is -0.355 e. The topological polar surface area (TPSA) is 61.4 Å². The van der Waals surface area contributed by atoms with Crippen LogP contribution in [0, 0.1) is 5.92 Å². The third kappa shape index (κ3) is 4.30. The maximum atomic E-state index is 13.2. The first-order valence-corrected chi connectivity index (χ1v) is 9.71. The third-order valence-corrected chi connectivity index (χ3v) is 5.21. The number of hydrogen-bond acceptors (Lipinski definition) is 3. The van der Waals surface area contributed by atoms with Crippen LogP contribution in [0.4, 0.5) is 11.4 Å². The quantitative estimate of drug-likeness (QED) is 0.854. The molecule has 4 rings (SSSR count). The summed E-state index contributed by atoms with van der Waals surface area (Å²) >= 11 is 0. The lowest BCUT2D eigenvalue weighted by Crippen LogP contribution is -2.46. The second kappa shape index (κ2) is 7.82. The molecule has 1 saturated carbocycles. The summed E-state index contributed by atoms with van der Waals surface area (Å²) in [6.45, 7) is 1.20. The van der Waals surface area contributed by atoms with Gasteiger partial charge in [0.2, 0.25) is 5.91 Å². The summed E-state index contributed by atoms with van der Waals surface area (Å²) < 4.78 is 0. The van der Waals surface area contributed by atoms with Crippen molar-refractivity contribution < 1.29 is 9.59 Å². The summed E-state index contributed by atoms with van der Waals surface area (Å²) in [5, 5.41) is 6.41. The fourth-order valence-electron chi connectivity index (χ4n) is 3.55. The van der Waals surface area contributed by atoms with Crippen molar-refractivity contribution in [3.05, 3.63) is 60.2 Å². The molecule has 2 aliphatic rings. The minimum atomic E-state index is -0.0995. The standard InChI is InChI=1S/C22H25N3O2/c26-21(24-18-12-13-18)16-7-6-14-25(15-16)22(27)19-10-4-5-11-20(19)23-17-8-2-1-3-9-17/h1-5,8-11,16,18,23H,6-7,12-15H2,(H,24,26). The number of nitrogens with zero attached hydrogens (tertiary/aromatic N) is 1. The first-order valence-electron chi connectivity index (χ1n) is 9.71. The largest absolute Gasteiger partial charge is 0.355 e. The van der Waals surface area contributed by atoms with E-state index in [1.54, 1.807) is 0 Å². The van der Waals surface area contributed by atoms with Crippen molar-refractivity contribution >= 4 is 23.2 Å². The average Bonchev–Trinajstić information content (AvgIpc) is 3.53. The van der Waals surface area contributed by atoms with Gasteiger partial charge >= 0.3 is 0 Å². The molecule has 27 heavy (non-hydrogen) atoms. The molecule has 1 unspecified atom stereocenters. The monoisotopic (exact) mass is 363 g/mol. The van der Waals surface area contributed by atoms with Gasteiger partial charge < -0.3 is 15.5 Å². The maximum absolute atomic E-state index is 13.2. The van der Waals surface area contributed by atoms with E-state index in [0.717, 1.165) is 37.1 Å². The van der Waals surface area contributed by atoms with E-state index >= 15 is 0 Å². The van der Waals surface area contributed by atoms with E-state index in [1.165, 1.54) is 0 Å². The van der Waals surface area contributed by atoms with Crippen LogP contribution >= 0.6 is 0 Å². The highest BCUT2D eigenvalue weighted by Gasteiger charge is 2.32. The number of piperidine rings is 1. The van der Waals surface area contributed by atoms with E-state index in [0.29, 0.717) is 24.7 Å². The summed E-state index contributed by atoms with van der Waals surface area (Å²) in [6.07, 6.45) is 3.88. The number of rotatable bonds is 5. The van der Waals surface area contributed by atoms with Crippen molar-refractivity contribution in [2.75, 3.05) is 18.4 Å². The Morgan fingerprint density at radius 2 is 1.67 bits per heavy atom. The molecule has 2 fully saturated rings. The molecule has 2 aromatic carbocycles. The van der Waals surface area contributed by atoms with Gasteiger partial charge in [0, 0.05) is 24.8 Å². The van der Waals surface area contributed by atoms with E-state index in [-0.39, 0.29) is 17.7 Å². The van der Waals surface area contributed by atoms with Crippen LogP contribution in [0.15, 0.2) is 54.6 Å². The zero-order valence-electron chi connectivity index (χ0n) is 15.4. The van der Waals surface area contributed by atoms with Gasteiger partial charge in [0.05, 0.1) is 17.2 Å². The van der Waals surface area contributed by atoms with Crippen LogP contribution in [0.1, 0.15) is 36.0 Å². The number of amides is 2. The third-order valence-electron chi connectivity index (χ3n) is 5.21. The van der Waals surface area contributed by atoms with Gasteiger partial charge in [-0.1, -0.05) is 30.3 Å². The number of para-hydroxylation sites is 2. The van der Waals surface area contributed by atoms with E-state index in [9.17, 15) is 9.59 Å². The molecule has 140 valence electrons. The molecule has 5 heteroatoms. The number of carbonyl (C=O) groups excluding carboxylic acids is 2. The lowest BCUT2D eigenvalue weighted by Gasteiger charge is -2.32. The Labute approximate surface area is 159 Å². The Bertz CT molecular complexity index is 817. The van der Waals surface area contributed by atoms with E-state index < -0.39 is 0 Å². The van der Waals surface area contributed by atoms with Gasteiger partial charge in [0.25, 0.3) is 5.91 Å². The van der Waals surface area contributed by atoms with Crippen molar-refractivity contribution in [2.24, 2.45) is 5.92 Å². The number of nitrogens with one attached hydrogen (secondary N) is 2. The van der Waals surface area contributed by atoms with Gasteiger partial charge in [-0.05, 0) is 49.9 Å². The zero-order chi connectivity index (χ0) is 18.6. The second-order valence-corrected chi connectivity index (χ2v) is 7.41. The number of carbonyl (C=O) groups is 2. The predicted octanol–water partition coefficient (Wildman–Crippen LogP) is 3.56. The average molecular weight is 363 g/mol. The molecule has 0 spiro atoms. The molecule has 0 aromatic heterocycles. The molecule has 2 amide bonds. The molecule has 1 heterocycles. The predicted molar refractivity (Wildman–Crippen MR) is 106 cm³/mol. The number of benzene rings is 2. The fourth-order valence-corrected chi connectivity index (χ4v) is 3.55. The van der Waals surface area contributed by atoms with Crippen LogP contribution in [0.2, 0.25) is 0 Å². The van der Waals surface area contributed by atoms with Crippen LogP contribution in [-0.2, 0) is 4.79 Å². The van der Waals surface area contributed by atoms with Crippen LogP contribution in [0.5, 0.6) is 0 Å². The van der Waals surface area contributed by atoms with E-state index in [2.05, 4.69) is 10.6 Å². The number of anilines is 2. The Hall–Kier alpha value is -2.82. The maximum Gasteiger partial charge on any atom is 0.255 e. The highest BCUT2D eigenvalue weighted by atomic mass is 16.2. The van der Waals surface area contributed by atoms with Crippen molar-refractivity contribution in [1.82, 2.24) is 10.2 Å². The van der Waals surface area contributed by atoms with Gasteiger partial charge in [-0.25, -0.2) is 0 Å². The van der Waals surface area contributed by atoms with Crippen LogP contribution in [-0.4, -0.2) is 35.8 Å². The molecule has 1 aliphatic heterocycles.